The molecule has 1 N–H and O–H groups in total. The number of likely N-dealkylation sites (N-methyl/N-ethyl adjacent to an activating group) is 1. The fourth-order valence-corrected chi connectivity index (χ4v) is 3.67. The Kier molecular flexibility index (Phi) is 6.80. The molecule has 0 spiro atoms. The van der Waals surface area contributed by atoms with E-state index < -0.39 is 0 Å². The quantitative estimate of drug-likeness (QED) is 0.701. The van der Waals surface area contributed by atoms with Crippen molar-refractivity contribution < 1.29 is 9.59 Å². The molecule has 2 aromatic rings. The normalized spacial score (nSPS) is 15.4. The van der Waals surface area contributed by atoms with Gasteiger partial charge in [-0.05, 0) is 13.0 Å². The smallest absolute Gasteiger partial charge is 0.234 e. The number of aryl methyl sites for hydroxylation is 1. The van der Waals surface area contributed by atoms with Crippen molar-refractivity contribution in [3.63, 3.8) is 0 Å². The molecule has 3 rings (SSSR count). The number of carbonyl (C=O) groups excluding carboxylic acids is 2. The summed E-state index contributed by atoms with van der Waals surface area (Å²) >= 11 is 0. The first-order valence-corrected chi connectivity index (χ1v) is 9.81. The number of nitrogens with zero attached hydrogens (tertiary/aromatic N) is 4. The first-order valence-electron chi connectivity index (χ1n) is 9.81. The molecule has 7 nitrogen and oxygen atoms in total. The molecule has 0 aliphatic carbocycles. The SMILES string of the molecule is CCNC(=O)CN1CCN(CC(=O)c2cn(CCC#N)c3ccccc23)CC1. The number of piperazine rings is 1. The number of aromatic nitrogens is 1. The van der Waals surface area contributed by atoms with Gasteiger partial charge in [-0.15, -0.1) is 0 Å². The lowest BCUT2D eigenvalue weighted by Gasteiger charge is -2.33. The molecule has 1 saturated heterocycles. The van der Waals surface area contributed by atoms with E-state index in [1.54, 1.807) is 0 Å². The monoisotopic (exact) mass is 381 g/mol. The van der Waals surface area contributed by atoms with Crippen molar-refractivity contribution in [2.45, 2.75) is 19.9 Å². The van der Waals surface area contributed by atoms with Gasteiger partial charge in [0.2, 0.25) is 5.91 Å². The number of nitrogens with one attached hydrogen (secondary N) is 1. The second-order valence-electron chi connectivity index (χ2n) is 7.09. The number of carbonyl (C=O) groups is 2. The van der Waals surface area contributed by atoms with Crippen LogP contribution in [0.2, 0.25) is 0 Å². The molecule has 2 heterocycles. The van der Waals surface area contributed by atoms with Crippen molar-refractivity contribution in [1.82, 2.24) is 19.7 Å². The zero-order valence-electron chi connectivity index (χ0n) is 16.4. The third-order valence-corrected chi connectivity index (χ3v) is 5.13. The molecule has 1 aromatic carbocycles. The van der Waals surface area contributed by atoms with E-state index in [1.807, 2.05) is 42.0 Å². The van der Waals surface area contributed by atoms with Gasteiger partial charge in [-0.2, -0.15) is 5.26 Å². The number of nitriles is 1. The van der Waals surface area contributed by atoms with Crippen molar-refractivity contribution in [2.75, 3.05) is 45.8 Å². The minimum Gasteiger partial charge on any atom is -0.355 e. The lowest BCUT2D eigenvalue weighted by molar-refractivity contribution is -0.122. The summed E-state index contributed by atoms with van der Waals surface area (Å²) in [6, 6.07) is 10.0. The van der Waals surface area contributed by atoms with Crippen molar-refractivity contribution >= 4 is 22.6 Å². The molecule has 1 fully saturated rings. The van der Waals surface area contributed by atoms with Gasteiger partial charge < -0.3 is 9.88 Å². The van der Waals surface area contributed by atoms with Crippen LogP contribution < -0.4 is 5.32 Å². The van der Waals surface area contributed by atoms with Crippen LogP contribution in [0.25, 0.3) is 10.9 Å². The Bertz CT molecular complexity index is 875. The maximum absolute atomic E-state index is 13.0. The van der Waals surface area contributed by atoms with Gasteiger partial charge in [-0.3, -0.25) is 19.4 Å². The van der Waals surface area contributed by atoms with Crippen LogP contribution in [-0.4, -0.2) is 71.9 Å². The molecule has 0 radical (unpaired) electrons. The summed E-state index contributed by atoms with van der Waals surface area (Å²) < 4.78 is 2.00. The average molecular weight is 381 g/mol. The average Bonchev–Trinajstić information content (AvgIpc) is 3.07. The Labute approximate surface area is 165 Å². The zero-order valence-corrected chi connectivity index (χ0v) is 16.4. The second-order valence-corrected chi connectivity index (χ2v) is 7.09. The van der Waals surface area contributed by atoms with Crippen molar-refractivity contribution in [2.24, 2.45) is 0 Å². The minimum atomic E-state index is 0.0530. The molecular formula is C21H27N5O2. The number of rotatable bonds is 8. The Morgan fingerprint density at radius 2 is 1.79 bits per heavy atom. The van der Waals surface area contributed by atoms with Crippen molar-refractivity contribution in [3.8, 4) is 6.07 Å². The number of amides is 1. The Hall–Kier alpha value is -2.69. The highest BCUT2D eigenvalue weighted by molar-refractivity contribution is 6.09. The molecule has 1 aliphatic rings. The van der Waals surface area contributed by atoms with Crippen LogP contribution in [0.3, 0.4) is 0 Å². The number of ketones is 1. The number of para-hydroxylation sites is 1. The molecule has 28 heavy (non-hydrogen) atoms. The van der Waals surface area contributed by atoms with Gasteiger partial charge in [0.15, 0.2) is 5.78 Å². The summed E-state index contributed by atoms with van der Waals surface area (Å²) in [5.41, 5.74) is 1.71. The molecule has 0 bridgehead atoms. The summed E-state index contributed by atoms with van der Waals surface area (Å²) in [5, 5.41) is 12.6. The lowest BCUT2D eigenvalue weighted by Crippen LogP contribution is -2.50. The van der Waals surface area contributed by atoms with Crippen LogP contribution in [0.4, 0.5) is 0 Å². The number of hydrogen-bond donors (Lipinski definition) is 1. The third-order valence-electron chi connectivity index (χ3n) is 5.13. The predicted octanol–water partition coefficient (Wildman–Crippen LogP) is 1.49. The summed E-state index contributed by atoms with van der Waals surface area (Å²) in [4.78, 5) is 29.0. The van der Waals surface area contributed by atoms with Crippen molar-refractivity contribution in [1.29, 1.82) is 5.26 Å². The molecular weight excluding hydrogens is 354 g/mol. The van der Waals surface area contributed by atoms with Crippen LogP contribution in [0, 0.1) is 11.3 Å². The number of Topliss-reactive ketones (excluding diaryl/α,β-unsaturated/α-hetero) is 1. The lowest BCUT2D eigenvalue weighted by atomic mass is 10.1. The standard InChI is InChI=1S/C21H27N5O2/c1-2-23-21(28)16-25-12-10-24(11-13-25)15-20(27)18-14-26(9-5-8-22)19-7-4-3-6-17(18)19/h3-4,6-7,14H,2,5,9-13,15-16H2,1H3,(H,23,28). The van der Waals surface area contributed by atoms with E-state index in [1.165, 1.54) is 0 Å². The fourth-order valence-electron chi connectivity index (χ4n) is 3.67. The van der Waals surface area contributed by atoms with Gasteiger partial charge in [0, 0.05) is 61.9 Å². The molecule has 1 amide bonds. The highest BCUT2D eigenvalue weighted by Crippen LogP contribution is 2.22. The maximum atomic E-state index is 13.0. The Balaban J connectivity index is 1.61. The highest BCUT2D eigenvalue weighted by Gasteiger charge is 2.22. The Morgan fingerprint density at radius 1 is 1.11 bits per heavy atom. The van der Waals surface area contributed by atoms with E-state index in [0.29, 0.717) is 32.6 Å². The van der Waals surface area contributed by atoms with Crippen LogP contribution in [0.5, 0.6) is 0 Å². The second kappa shape index (κ2) is 9.49. The van der Waals surface area contributed by atoms with Gasteiger partial charge in [0.25, 0.3) is 0 Å². The topological polar surface area (TPSA) is 81.4 Å². The molecule has 0 atom stereocenters. The van der Waals surface area contributed by atoms with E-state index in [2.05, 4.69) is 21.2 Å². The van der Waals surface area contributed by atoms with Gasteiger partial charge in [0.1, 0.15) is 0 Å². The maximum Gasteiger partial charge on any atom is 0.234 e. The first kappa shape index (κ1) is 20.1. The summed E-state index contributed by atoms with van der Waals surface area (Å²) in [6.07, 6.45) is 2.30. The number of benzene rings is 1. The minimum absolute atomic E-state index is 0.0530. The molecule has 0 unspecified atom stereocenters. The van der Waals surface area contributed by atoms with E-state index in [-0.39, 0.29) is 11.7 Å². The first-order chi connectivity index (χ1) is 13.6. The van der Waals surface area contributed by atoms with Gasteiger partial charge in [0.05, 0.1) is 25.6 Å². The number of hydrogen-bond acceptors (Lipinski definition) is 5. The zero-order chi connectivity index (χ0) is 19.9. The van der Waals surface area contributed by atoms with Crippen molar-refractivity contribution in [3.05, 3.63) is 36.0 Å². The molecule has 1 aromatic heterocycles. The largest absolute Gasteiger partial charge is 0.355 e. The van der Waals surface area contributed by atoms with Crippen LogP contribution >= 0.6 is 0 Å². The van der Waals surface area contributed by atoms with Crippen LogP contribution in [0.1, 0.15) is 23.7 Å². The van der Waals surface area contributed by atoms with Crippen LogP contribution in [-0.2, 0) is 11.3 Å². The summed E-state index contributed by atoms with van der Waals surface area (Å²) in [7, 11) is 0. The van der Waals surface area contributed by atoms with Crippen LogP contribution in [0.15, 0.2) is 30.5 Å². The third kappa shape index (κ3) is 4.77. The van der Waals surface area contributed by atoms with Gasteiger partial charge >= 0.3 is 0 Å². The summed E-state index contributed by atoms with van der Waals surface area (Å²) in [5.74, 6) is 0.154. The van der Waals surface area contributed by atoms with E-state index in [4.69, 9.17) is 5.26 Å². The van der Waals surface area contributed by atoms with Gasteiger partial charge in [-0.25, -0.2) is 0 Å². The molecule has 0 saturated carbocycles. The Morgan fingerprint density at radius 3 is 2.46 bits per heavy atom. The molecule has 7 heteroatoms. The fraction of sp³-hybridized carbons (Fsp3) is 0.476. The molecule has 148 valence electrons. The van der Waals surface area contributed by atoms with E-state index in [9.17, 15) is 9.59 Å². The predicted molar refractivity (Wildman–Crippen MR) is 108 cm³/mol. The van der Waals surface area contributed by atoms with E-state index >= 15 is 0 Å². The van der Waals surface area contributed by atoms with Gasteiger partial charge in [-0.1, -0.05) is 18.2 Å². The van der Waals surface area contributed by atoms with E-state index in [0.717, 1.165) is 42.6 Å². The highest BCUT2D eigenvalue weighted by atomic mass is 16.2. The summed E-state index contributed by atoms with van der Waals surface area (Å²) in [6.45, 7) is 7.07. The number of fused-ring (bicyclic) bond motifs is 1. The molecule has 1 aliphatic heterocycles.